The molecule has 0 radical (unpaired) electrons. The van der Waals surface area contributed by atoms with Crippen molar-refractivity contribution in [2.75, 3.05) is 4.90 Å². The van der Waals surface area contributed by atoms with E-state index in [1.807, 2.05) is 53.4 Å². The van der Waals surface area contributed by atoms with Crippen LogP contribution in [0.1, 0.15) is 31.2 Å². The van der Waals surface area contributed by atoms with Crippen LogP contribution in [-0.2, 0) is 4.79 Å². The minimum Gasteiger partial charge on any atom is -0.308 e. The molecule has 2 atom stereocenters. The number of hydrogen-bond acceptors (Lipinski definition) is 1. The summed E-state index contributed by atoms with van der Waals surface area (Å²) in [5, 5.41) is 0. The van der Waals surface area contributed by atoms with Gasteiger partial charge in [0.25, 0.3) is 0 Å². The fraction of sp³-hybridized carbons (Fsp3) is 0.278. The molecular formula is C18H19NO. The van der Waals surface area contributed by atoms with Crippen molar-refractivity contribution in [3.05, 3.63) is 66.2 Å². The molecule has 2 nitrogen and oxygen atoms in total. The molecule has 1 amide bonds. The van der Waals surface area contributed by atoms with E-state index in [2.05, 4.69) is 19.1 Å². The van der Waals surface area contributed by atoms with Gasteiger partial charge in [-0.2, -0.15) is 0 Å². The Bertz CT molecular complexity index is 529. The first-order valence-electron chi connectivity index (χ1n) is 7.26. The lowest BCUT2D eigenvalue weighted by molar-refractivity contribution is -0.126. The summed E-state index contributed by atoms with van der Waals surface area (Å²) < 4.78 is 0. The van der Waals surface area contributed by atoms with Gasteiger partial charge in [0.2, 0.25) is 5.91 Å². The van der Waals surface area contributed by atoms with Gasteiger partial charge in [0.05, 0.1) is 12.0 Å². The summed E-state index contributed by atoms with van der Waals surface area (Å²) in [6.45, 7) is 2.17. The molecule has 0 N–H and O–H groups in total. The number of rotatable bonds is 4. The lowest BCUT2D eigenvalue weighted by Crippen LogP contribution is -2.59. The highest BCUT2D eigenvalue weighted by Gasteiger charge is 2.47. The Hall–Kier alpha value is -2.09. The van der Waals surface area contributed by atoms with Crippen LogP contribution in [-0.4, -0.2) is 11.9 Å². The van der Waals surface area contributed by atoms with Gasteiger partial charge in [-0.15, -0.1) is 0 Å². The monoisotopic (exact) mass is 265 g/mol. The number of benzene rings is 2. The van der Waals surface area contributed by atoms with Crippen molar-refractivity contribution in [3.63, 3.8) is 0 Å². The van der Waals surface area contributed by atoms with Crippen LogP contribution < -0.4 is 4.90 Å². The second-order valence-corrected chi connectivity index (χ2v) is 5.29. The van der Waals surface area contributed by atoms with Crippen LogP contribution in [0, 0.1) is 0 Å². The number of anilines is 1. The first kappa shape index (κ1) is 12.9. The number of amides is 1. The van der Waals surface area contributed by atoms with E-state index in [1.54, 1.807) is 0 Å². The average molecular weight is 265 g/mol. The van der Waals surface area contributed by atoms with Crippen molar-refractivity contribution >= 4 is 11.6 Å². The molecule has 102 valence electrons. The SMILES string of the molecule is CCC[C@H]1[C@H](c2ccccc2)C(=O)N1c1ccccc1. The highest BCUT2D eigenvalue weighted by molar-refractivity contribution is 6.06. The summed E-state index contributed by atoms with van der Waals surface area (Å²) in [6, 6.07) is 20.4. The Balaban J connectivity index is 1.90. The second kappa shape index (κ2) is 5.49. The van der Waals surface area contributed by atoms with E-state index >= 15 is 0 Å². The third-order valence-electron chi connectivity index (χ3n) is 4.00. The Kier molecular flexibility index (Phi) is 3.55. The summed E-state index contributed by atoms with van der Waals surface area (Å²) >= 11 is 0. The van der Waals surface area contributed by atoms with Gasteiger partial charge in [0, 0.05) is 5.69 Å². The predicted molar refractivity (Wildman–Crippen MR) is 81.8 cm³/mol. The Labute approximate surface area is 120 Å². The van der Waals surface area contributed by atoms with Gasteiger partial charge in [-0.1, -0.05) is 61.9 Å². The minimum absolute atomic E-state index is 0.0244. The van der Waals surface area contributed by atoms with E-state index in [9.17, 15) is 4.79 Å². The van der Waals surface area contributed by atoms with Crippen LogP contribution >= 0.6 is 0 Å². The number of hydrogen-bond donors (Lipinski definition) is 0. The zero-order chi connectivity index (χ0) is 13.9. The van der Waals surface area contributed by atoms with Gasteiger partial charge in [-0.3, -0.25) is 4.79 Å². The lowest BCUT2D eigenvalue weighted by atomic mass is 9.79. The Morgan fingerprint density at radius 2 is 1.55 bits per heavy atom. The van der Waals surface area contributed by atoms with E-state index in [1.165, 1.54) is 0 Å². The number of carbonyl (C=O) groups excluding carboxylic acids is 1. The van der Waals surface area contributed by atoms with Crippen LogP contribution in [0.25, 0.3) is 0 Å². The van der Waals surface area contributed by atoms with E-state index in [0.29, 0.717) is 0 Å². The topological polar surface area (TPSA) is 20.3 Å². The van der Waals surface area contributed by atoms with E-state index in [-0.39, 0.29) is 17.9 Å². The molecule has 1 fully saturated rings. The molecule has 3 rings (SSSR count). The molecule has 1 aliphatic heterocycles. The number of nitrogens with zero attached hydrogens (tertiary/aromatic N) is 1. The number of β-lactam (4-membered cyclic amide) rings is 1. The van der Waals surface area contributed by atoms with Crippen molar-refractivity contribution in [1.82, 2.24) is 0 Å². The summed E-state index contributed by atoms with van der Waals surface area (Å²) in [7, 11) is 0. The van der Waals surface area contributed by atoms with Crippen LogP contribution in [0.5, 0.6) is 0 Å². The summed E-state index contributed by atoms with van der Waals surface area (Å²) in [5.74, 6) is 0.247. The molecule has 2 aromatic carbocycles. The standard InChI is InChI=1S/C18H19NO/c1-2-9-16-17(14-10-5-3-6-11-14)18(20)19(16)15-12-7-4-8-13-15/h3-8,10-13,16-17H,2,9H2,1H3/t16-,17-/m0/s1. The van der Waals surface area contributed by atoms with Crippen LogP contribution in [0.4, 0.5) is 5.69 Å². The van der Waals surface area contributed by atoms with Crippen molar-refractivity contribution < 1.29 is 4.79 Å². The van der Waals surface area contributed by atoms with Gasteiger partial charge < -0.3 is 4.90 Å². The highest BCUT2D eigenvalue weighted by atomic mass is 16.2. The fourth-order valence-electron chi connectivity index (χ4n) is 3.07. The fourth-order valence-corrected chi connectivity index (χ4v) is 3.07. The summed E-state index contributed by atoms with van der Waals surface area (Å²) in [5.41, 5.74) is 2.16. The van der Waals surface area contributed by atoms with Crippen LogP contribution in [0.3, 0.4) is 0 Å². The lowest BCUT2D eigenvalue weighted by Gasteiger charge is -2.47. The molecule has 0 spiro atoms. The maximum atomic E-state index is 12.6. The summed E-state index contributed by atoms with van der Waals surface area (Å²) in [4.78, 5) is 14.5. The van der Waals surface area contributed by atoms with Gasteiger partial charge in [0.1, 0.15) is 0 Å². The molecule has 0 aliphatic carbocycles. The van der Waals surface area contributed by atoms with Crippen LogP contribution in [0.15, 0.2) is 60.7 Å². The van der Waals surface area contributed by atoms with E-state index < -0.39 is 0 Å². The average Bonchev–Trinajstić information content (AvgIpc) is 2.49. The van der Waals surface area contributed by atoms with Crippen molar-refractivity contribution in [1.29, 1.82) is 0 Å². The van der Waals surface area contributed by atoms with Crippen molar-refractivity contribution in [3.8, 4) is 0 Å². The predicted octanol–water partition coefficient (Wildman–Crippen LogP) is 3.99. The van der Waals surface area contributed by atoms with Crippen molar-refractivity contribution in [2.45, 2.75) is 31.7 Å². The molecule has 0 aromatic heterocycles. The maximum Gasteiger partial charge on any atom is 0.236 e. The molecule has 1 saturated heterocycles. The van der Waals surface area contributed by atoms with Gasteiger partial charge >= 0.3 is 0 Å². The van der Waals surface area contributed by atoms with Gasteiger partial charge in [-0.05, 0) is 24.1 Å². The molecule has 1 aliphatic rings. The molecule has 20 heavy (non-hydrogen) atoms. The first-order valence-corrected chi connectivity index (χ1v) is 7.26. The largest absolute Gasteiger partial charge is 0.308 e. The number of carbonyl (C=O) groups is 1. The maximum absolute atomic E-state index is 12.6. The smallest absolute Gasteiger partial charge is 0.236 e. The molecule has 0 bridgehead atoms. The van der Waals surface area contributed by atoms with Gasteiger partial charge in [0.15, 0.2) is 0 Å². The zero-order valence-corrected chi connectivity index (χ0v) is 11.7. The normalized spacial score (nSPS) is 21.6. The van der Waals surface area contributed by atoms with E-state index in [4.69, 9.17) is 0 Å². The quantitative estimate of drug-likeness (QED) is 0.766. The Morgan fingerprint density at radius 3 is 2.15 bits per heavy atom. The highest BCUT2D eigenvalue weighted by Crippen LogP contribution is 2.41. The molecule has 1 heterocycles. The first-order chi connectivity index (χ1) is 9.83. The van der Waals surface area contributed by atoms with E-state index in [0.717, 1.165) is 24.1 Å². The summed E-state index contributed by atoms with van der Waals surface area (Å²) in [6.07, 6.45) is 2.13. The molecular weight excluding hydrogens is 246 g/mol. The Morgan fingerprint density at radius 1 is 0.950 bits per heavy atom. The molecule has 2 aromatic rings. The van der Waals surface area contributed by atoms with Crippen LogP contribution in [0.2, 0.25) is 0 Å². The van der Waals surface area contributed by atoms with Crippen molar-refractivity contribution in [2.24, 2.45) is 0 Å². The third-order valence-corrected chi connectivity index (χ3v) is 4.00. The van der Waals surface area contributed by atoms with Gasteiger partial charge in [-0.25, -0.2) is 0 Å². The molecule has 0 saturated carbocycles. The minimum atomic E-state index is 0.0244. The zero-order valence-electron chi connectivity index (χ0n) is 11.7. The molecule has 0 unspecified atom stereocenters. The molecule has 2 heteroatoms. The second-order valence-electron chi connectivity index (χ2n) is 5.29. The number of para-hydroxylation sites is 1. The third kappa shape index (κ3) is 2.11.